The molecule has 1 saturated heterocycles. The number of carboxylic acids is 1. The predicted octanol–water partition coefficient (Wildman–Crippen LogP) is 1.67. The van der Waals surface area contributed by atoms with Crippen molar-refractivity contribution in [3.63, 3.8) is 0 Å². The number of hydrogen-bond acceptors (Lipinski definition) is 9. The number of pyridine rings is 2. The summed E-state index contributed by atoms with van der Waals surface area (Å²) in [5.74, 6) is -1.97. The molecule has 0 saturated carbocycles. The van der Waals surface area contributed by atoms with Crippen LogP contribution in [0.3, 0.4) is 0 Å². The molecule has 29 heavy (non-hydrogen) atoms. The second-order valence-corrected chi connectivity index (χ2v) is 7.22. The number of nitrogens with zero attached hydrogens (tertiary/aromatic N) is 6. The molecular weight excluding hydrogens is 403 g/mol. The Bertz CT molecular complexity index is 1280. The van der Waals surface area contributed by atoms with Gasteiger partial charge in [0, 0.05) is 42.8 Å². The van der Waals surface area contributed by atoms with Crippen molar-refractivity contribution >= 4 is 34.4 Å². The molecule has 10 nitrogen and oxygen atoms in total. The first-order valence-electron chi connectivity index (χ1n) is 8.44. The molecule has 4 aromatic rings. The molecular formula is C17H11FN6O4S. The maximum absolute atomic E-state index is 14.8. The van der Waals surface area contributed by atoms with Crippen molar-refractivity contribution in [2.45, 2.75) is 5.92 Å². The van der Waals surface area contributed by atoms with Gasteiger partial charge in [-0.15, -0.1) is 0 Å². The second-order valence-electron chi connectivity index (χ2n) is 6.46. The van der Waals surface area contributed by atoms with E-state index in [1.54, 1.807) is 11.0 Å². The van der Waals surface area contributed by atoms with Gasteiger partial charge >= 0.3 is 5.97 Å². The monoisotopic (exact) mass is 414 g/mol. The summed E-state index contributed by atoms with van der Waals surface area (Å²) in [6, 6.07) is 2.78. The van der Waals surface area contributed by atoms with Crippen LogP contribution >= 0.6 is 11.5 Å². The number of rotatable bonds is 4. The summed E-state index contributed by atoms with van der Waals surface area (Å²) >= 11 is 0.995. The highest BCUT2D eigenvalue weighted by Crippen LogP contribution is 2.32. The Morgan fingerprint density at radius 2 is 2.21 bits per heavy atom. The molecule has 0 amide bonds. The van der Waals surface area contributed by atoms with E-state index in [0.717, 1.165) is 29.5 Å². The van der Waals surface area contributed by atoms with Gasteiger partial charge in [-0.1, -0.05) is 5.16 Å². The minimum atomic E-state index is -1.42. The highest BCUT2D eigenvalue weighted by molar-refractivity contribution is 7.08. The van der Waals surface area contributed by atoms with E-state index in [2.05, 4.69) is 19.5 Å². The SMILES string of the molecule is O=C(O)c1cn(-c2ncns2)c2nc(N3CC(c4ccon4)C3)c(F)cc2c1=O. The molecule has 0 aliphatic carbocycles. The smallest absolute Gasteiger partial charge is 0.341 e. The van der Waals surface area contributed by atoms with Crippen LogP contribution in [0.5, 0.6) is 0 Å². The van der Waals surface area contributed by atoms with Crippen molar-refractivity contribution < 1.29 is 18.8 Å². The van der Waals surface area contributed by atoms with Crippen molar-refractivity contribution in [1.82, 2.24) is 24.1 Å². The molecule has 5 heterocycles. The third-order valence-corrected chi connectivity index (χ3v) is 5.42. The lowest BCUT2D eigenvalue weighted by molar-refractivity contribution is 0.0695. The van der Waals surface area contributed by atoms with E-state index >= 15 is 0 Å². The van der Waals surface area contributed by atoms with Gasteiger partial charge in [-0.3, -0.25) is 9.36 Å². The van der Waals surface area contributed by atoms with Crippen molar-refractivity contribution in [3.05, 3.63) is 58.2 Å². The lowest BCUT2D eigenvalue weighted by atomic mass is 9.96. The molecule has 5 rings (SSSR count). The standard InChI is InChI=1S/C17H11FN6O4S/c18-11-3-9-13(25)10(16(26)27)6-24(17-19-7-20-29-17)14(9)21-15(11)23-4-8(5-23)12-1-2-28-22-12/h1-3,6-8H,4-5H2,(H,26,27). The molecule has 0 unspecified atom stereocenters. The van der Waals surface area contributed by atoms with Crippen LogP contribution in [-0.4, -0.2) is 48.2 Å². The number of fused-ring (bicyclic) bond motifs is 1. The van der Waals surface area contributed by atoms with Gasteiger partial charge in [0.1, 0.15) is 18.2 Å². The first-order chi connectivity index (χ1) is 14.0. The average molecular weight is 414 g/mol. The molecule has 0 aromatic carbocycles. The Kier molecular flexibility index (Phi) is 3.87. The zero-order valence-corrected chi connectivity index (χ0v) is 15.3. The molecule has 1 aliphatic heterocycles. The number of carbonyl (C=O) groups is 1. The molecule has 0 radical (unpaired) electrons. The highest BCUT2D eigenvalue weighted by Gasteiger charge is 2.33. The summed E-state index contributed by atoms with van der Waals surface area (Å²) in [5, 5.41) is 13.4. The minimum Gasteiger partial charge on any atom is -0.477 e. The molecule has 0 atom stereocenters. The Balaban J connectivity index is 1.64. The summed E-state index contributed by atoms with van der Waals surface area (Å²) in [6.07, 6.45) is 3.91. The summed E-state index contributed by atoms with van der Waals surface area (Å²) < 4.78 is 24.9. The summed E-state index contributed by atoms with van der Waals surface area (Å²) in [5.41, 5.74) is -0.427. The van der Waals surface area contributed by atoms with Gasteiger partial charge in [-0.25, -0.2) is 19.2 Å². The van der Waals surface area contributed by atoms with Crippen LogP contribution in [0.4, 0.5) is 10.2 Å². The first kappa shape index (κ1) is 17.4. The lowest BCUT2D eigenvalue weighted by Gasteiger charge is -2.39. The van der Waals surface area contributed by atoms with Gasteiger partial charge in [0.05, 0.1) is 11.1 Å². The fourth-order valence-electron chi connectivity index (χ4n) is 3.28. The molecule has 12 heteroatoms. The van der Waals surface area contributed by atoms with Gasteiger partial charge in [0.2, 0.25) is 10.6 Å². The van der Waals surface area contributed by atoms with E-state index in [4.69, 9.17) is 4.52 Å². The number of hydrogen-bond donors (Lipinski definition) is 1. The summed E-state index contributed by atoms with van der Waals surface area (Å²) in [4.78, 5) is 34.1. The molecule has 1 fully saturated rings. The normalized spacial score (nSPS) is 14.3. The maximum atomic E-state index is 14.8. The Morgan fingerprint density at radius 1 is 1.38 bits per heavy atom. The summed E-state index contributed by atoms with van der Waals surface area (Å²) in [7, 11) is 0. The predicted molar refractivity (Wildman–Crippen MR) is 99.2 cm³/mol. The zero-order valence-electron chi connectivity index (χ0n) is 14.5. The molecule has 0 spiro atoms. The van der Waals surface area contributed by atoms with E-state index in [9.17, 15) is 19.1 Å². The van der Waals surface area contributed by atoms with Crippen molar-refractivity contribution in [3.8, 4) is 5.13 Å². The van der Waals surface area contributed by atoms with Crippen LogP contribution in [0.2, 0.25) is 0 Å². The first-order valence-corrected chi connectivity index (χ1v) is 9.21. The Hall–Kier alpha value is -3.67. The maximum Gasteiger partial charge on any atom is 0.341 e. The molecule has 4 aromatic heterocycles. The third-order valence-electron chi connectivity index (χ3n) is 4.76. The number of anilines is 1. The fraction of sp³-hybridized carbons (Fsp3) is 0.176. The molecule has 146 valence electrons. The number of aromatic nitrogens is 5. The van der Waals surface area contributed by atoms with E-state index in [0.29, 0.717) is 18.2 Å². The molecule has 1 N–H and O–H groups in total. The zero-order chi connectivity index (χ0) is 20.1. The van der Waals surface area contributed by atoms with Gasteiger partial charge in [-0.2, -0.15) is 4.37 Å². The fourth-order valence-corrected chi connectivity index (χ4v) is 3.79. The molecule has 1 aliphatic rings. The second kappa shape index (κ2) is 6.44. The average Bonchev–Trinajstić information content (AvgIpc) is 3.35. The van der Waals surface area contributed by atoms with Crippen LogP contribution in [0.1, 0.15) is 22.0 Å². The van der Waals surface area contributed by atoms with Crippen LogP contribution < -0.4 is 10.3 Å². The molecule has 0 bridgehead atoms. The van der Waals surface area contributed by atoms with Crippen LogP contribution in [0, 0.1) is 5.82 Å². The van der Waals surface area contributed by atoms with Gasteiger partial charge < -0.3 is 14.5 Å². The van der Waals surface area contributed by atoms with Crippen molar-refractivity contribution in [2.24, 2.45) is 0 Å². The topological polar surface area (TPSA) is 127 Å². The van der Waals surface area contributed by atoms with Gasteiger partial charge in [0.15, 0.2) is 17.3 Å². The van der Waals surface area contributed by atoms with Crippen LogP contribution in [0.15, 0.2) is 40.2 Å². The van der Waals surface area contributed by atoms with Crippen LogP contribution in [0.25, 0.3) is 16.2 Å². The largest absolute Gasteiger partial charge is 0.477 e. The van der Waals surface area contributed by atoms with E-state index in [1.165, 1.54) is 17.2 Å². The van der Waals surface area contributed by atoms with Crippen molar-refractivity contribution in [1.29, 1.82) is 0 Å². The highest BCUT2D eigenvalue weighted by atomic mass is 32.1. The minimum absolute atomic E-state index is 0.0676. The number of carboxylic acid groups (broad SMARTS) is 1. The van der Waals surface area contributed by atoms with Gasteiger partial charge in [-0.05, 0) is 6.07 Å². The third kappa shape index (κ3) is 2.76. The van der Waals surface area contributed by atoms with E-state index < -0.39 is 22.8 Å². The summed E-state index contributed by atoms with van der Waals surface area (Å²) in [6.45, 7) is 0.969. The number of halogens is 1. The lowest BCUT2D eigenvalue weighted by Crippen LogP contribution is -2.46. The van der Waals surface area contributed by atoms with E-state index in [1.807, 2.05) is 0 Å². The quantitative estimate of drug-likeness (QED) is 0.530. The van der Waals surface area contributed by atoms with Crippen LogP contribution in [-0.2, 0) is 0 Å². The Morgan fingerprint density at radius 3 is 2.86 bits per heavy atom. The van der Waals surface area contributed by atoms with Gasteiger partial charge in [0.25, 0.3) is 0 Å². The van der Waals surface area contributed by atoms with Crippen molar-refractivity contribution in [2.75, 3.05) is 18.0 Å². The van der Waals surface area contributed by atoms with E-state index in [-0.39, 0.29) is 22.8 Å². The number of aromatic carboxylic acids is 1. The Labute approximate surface area is 165 Å².